The fourth-order valence-corrected chi connectivity index (χ4v) is 9.51. The summed E-state index contributed by atoms with van der Waals surface area (Å²) in [5.41, 5.74) is 2.20. The summed E-state index contributed by atoms with van der Waals surface area (Å²) in [6.07, 6.45) is 10.7. The molecule has 0 unspecified atom stereocenters. The minimum Gasteiger partial charge on any atom is -0.488 e. The molecule has 0 saturated heterocycles. The van der Waals surface area contributed by atoms with Crippen LogP contribution in [0.3, 0.4) is 0 Å². The highest BCUT2D eigenvalue weighted by molar-refractivity contribution is 5.91. The van der Waals surface area contributed by atoms with Crippen molar-refractivity contribution in [3.63, 3.8) is 0 Å². The van der Waals surface area contributed by atoms with Crippen molar-refractivity contribution in [3.05, 3.63) is 47.5 Å². The Morgan fingerprint density at radius 2 is 1.12 bits per heavy atom. The molecule has 2 aromatic rings. The predicted molar refractivity (Wildman–Crippen MR) is 272 cm³/mol. The number of anilines is 2. The van der Waals surface area contributed by atoms with Crippen molar-refractivity contribution < 1.29 is 38.2 Å². The number of urea groups is 2. The second-order valence-corrected chi connectivity index (χ2v) is 21.3. The molecule has 0 spiro atoms. The molecule has 4 aliphatic rings. The third-order valence-electron chi connectivity index (χ3n) is 13.4. The summed E-state index contributed by atoms with van der Waals surface area (Å²) in [5.74, 6) is 1.52. The number of benzene rings is 2. The second kappa shape index (κ2) is 25.6. The molecule has 16 heteroatoms. The number of amides is 7. The summed E-state index contributed by atoms with van der Waals surface area (Å²) in [5, 5.41) is 15.2. The number of carbonyl (C=O) groups excluding carboxylic acids is 5. The molecule has 2 aromatic carbocycles. The number of nitrogens with one attached hydrogen (secondary N) is 5. The molecule has 4 atom stereocenters. The van der Waals surface area contributed by atoms with Gasteiger partial charge in [-0.2, -0.15) is 0 Å². The quantitative estimate of drug-likeness (QED) is 0.156. The van der Waals surface area contributed by atoms with Crippen molar-refractivity contribution in [2.75, 3.05) is 50.9 Å². The van der Waals surface area contributed by atoms with Crippen LogP contribution in [0.2, 0.25) is 0 Å². The van der Waals surface area contributed by atoms with Crippen LogP contribution >= 0.6 is 0 Å². The molecule has 7 amide bonds. The van der Waals surface area contributed by atoms with E-state index in [0.29, 0.717) is 54.6 Å². The fourth-order valence-electron chi connectivity index (χ4n) is 9.51. The van der Waals surface area contributed by atoms with Crippen LogP contribution in [0, 0.1) is 11.8 Å². The monoisotopic (exact) mass is 961 g/mol. The SMILES string of the molecule is CC(C)N1C[C@@H](C)[C@H](CN(C)C(=O)OC(C)(C)C)Oc2ccc(NC(=O)NC3CCCCC3)cc2CC1=O.CNC[C@@H]1Oc2ccc(NC(=O)NC3CCCCC3)cc2CC(=O)N(C(C)C)C[C@H]1C. The summed E-state index contributed by atoms with van der Waals surface area (Å²) in [4.78, 5) is 69.5. The maximum Gasteiger partial charge on any atom is 0.410 e. The van der Waals surface area contributed by atoms with Crippen molar-refractivity contribution in [1.82, 2.24) is 30.7 Å². The van der Waals surface area contributed by atoms with Gasteiger partial charge >= 0.3 is 18.2 Å². The molecule has 2 saturated carbocycles. The number of rotatable bonds is 10. The largest absolute Gasteiger partial charge is 0.488 e. The zero-order chi connectivity index (χ0) is 50.4. The number of nitrogens with zero attached hydrogens (tertiary/aromatic N) is 3. The average molecular weight is 961 g/mol. The van der Waals surface area contributed by atoms with Crippen LogP contribution in [0.1, 0.15) is 138 Å². The minimum absolute atomic E-state index is 0.00153. The van der Waals surface area contributed by atoms with Crippen LogP contribution < -0.4 is 36.1 Å². The van der Waals surface area contributed by atoms with Crippen molar-refractivity contribution in [2.45, 2.75) is 181 Å². The zero-order valence-corrected chi connectivity index (χ0v) is 43.5. The van der Waals surface area contributed by atoms with Gasteiger partial charge in [-0.25, -0.2) is 14.4 Å². The van der Waals surface area contributed by atoms with E-state index < -0.39 is 11.7 Å². The molecule has 6 rings (SSSR count). The lowest BCUT2D eigenvalue weighted by Crippen LogP contribution is -2.47. The van der Waals surface area contributed by atoms with Gasteiger partial charge in [-0.3, -0.25) is 9.59 Å². The highest BCUT2D eigenvalue weighted by atomic mass is 16.6. The fraction of sp³-hybridized carbons (Fsp3) is 0.679. The van der Waals surface area contributed by atoms with E-state index in [2.05, 4.69) is 33.5 Å². The molecule has 0 bridgehead atoms. The molecule has 384 valence electrons. The Morgan fingerprint density at radius 3 is 1.52 bits per heavy atom. The van der Waals surface area contributed by atoms with Crippen LogP contribution in [-0.2, 0) is 27.2 Å². The van der Waals surface area contributed by atoms with Gasteiger partial charge in [0.2, 0.25) is 11.8 Å². The molecule has 69 heavy (non-hydrogen) atoms. The highest BCUT2D eigenvalue weighted by Gasteiger charge is 2.33. The van der Waals surface area contributed by atoms with E-state index in [0.717, 1.165) is 44.1 Å². The predicted octanol–water partition coefficient (Wildman–Crippen LogP) is 8.72. The summed E-state index contributed by atoms with van der Waals surface area (Å²) >= 11 is 0. The summed E-state index contributed by atoms with van der Waals surface area (Å²) in [7, 11) is 3.61. The van der Waals surface area contributed by atoms with E-state index in [1.165, 1.54) is 30.6 Å². The van der Waals surface area contributed by atoms with Gasteiger partial charge in [0.25, 0.3) is 0 Å². The Labute approximate surface area is 412 Å². The van der Waals surface area contributed by atoms with Gasteiger partial charge in [-0.15, -0.1) is 0 Å². The van der Waals surface area contributed by atoms with E-state index in [9.17, 15) is 24.0 Å². The first kappa shape index (κ1) is 54.7. The number of carbonyl (C=O) groups is 5. The van der Waals surface area contributed by atoms with Gasteiger partial charge in [-0.05, 0) is 118 Å². The standard InChI is InChI=1S/C29H46N4O5.C24H38N4O3/c1-19(2)33-17-20(3)25(18-32(7)28(36)38-29(4,5)6)37-24-14-13-23(15-21(24)16-26(33)34)31-27(35)30-22-11-9-8-10-12-22;1-16(2)28-15-17(3)22(14-25-4)31-21-11-10-20(12-18(21)13-23(28)29)27-24(30)26-19-8-6-5-7-9-19/h13-15,19-20,22,25H,8-12,16-18H2,1-7H3,(H2,30,31,35);10-12,16-17,19,22,25H,5-9,13-15H2,1-4H3,(H2,26,27,30)/t20-,25+;17-,22+/m11/s1. The van der Waals surface area contributed by atoms with Gasteiger partial charge in [0, 0.05) is 85.2 Å². The smallest absolute Gasteiger partial charge is 0.410 e. The van der Waals surface area contributed by atoms with Crippen LogP contribution in [0.25, 0.3) is 0 Å². The maximum absolute atomic E-state index is 13.3. The van der Waals surface area contributed by atoms with Crippen molar-refractivity contribution in [3.8, 4) is 11.5 Å². The number of fused-ring (bicyclic) bond motifs is 2. The molecule has 0 aromatic heterocycles. The number of likely N-dealkylation sites (N-methyl/N-ethyl adjacent to an activating group) is 2. The van der Waals surface area contributed by atoms with Gasteiger partial charge < -0.3 is 55.5 Å². The van der Waals surface area contributed by atoms with Gasteiger partial charge in [0.1, 0.15) is 29.3 Å². The van der Waals surface area contributed by atoms with Crippen LogP contribution in [0.15, 0.2) is 36.4 Å². The third-order valence-corrected chi connectivity index (χ3v) is 13.4. The molecular weight excluding hydrogens is 877 g/mol. The van der Waals surface area contributed by atoms with Crippen LogP contribution in [-0.4, -0.2) is 127 Å². The molecule has 2 aliphatic heterocycles. The van der Waals surface area contributed by atoms with E-state index in [1.54, 1.807) is 19.2 Å². The molecule has 2 fully saturated rings. The zero-order valence-electron chi connectivity index (χ0n) is 43.5. The maximum atomic E-state index is 13.3. The molecule has 5 N–H and O–H groups in total. The third kappa shape index (κ3) is 17.0. The van der Waals surface area contributed by atoms with Crippen molar-refractivity contribution in [2.24, 2.45) is 11.8 Å². The molecule has 0 radical (unpaired) electrons. The van der Waals surface area contributed by atoms with Crippen molar-refractivity contribution in [1.29, 1.82) is 0 Å². The Morgan fingerprint density at radius 1 is 0.696 bits per heavy atom. The highest BCUT2D eigenvalue weighted by Crippen LogP contribution is 2.31. The minimum atomic E-state index is -0.601. The molecule has 2 heterocycles. The van der Waals surface area contributed by atoms with E-state index in [4.69, 9.17) is 14.2 Å². The first-order valence-electron chi connectivity index (χ1n) is 25.6. The lowest BCUT2D eigenvalue weighted by molar-refractivity contribution is -0.133. The van der Waals surface area contributed by atoms with Crippen LogP contribution in [0.5, 0.6) is 11.5 Å². The number of hydrogen-bond donors (Lipinski definition) is 5. The first-order chi connectivity index (χ1) is 32.7. The first-order valence-corrected chi connectivity index (χ1v) is 25.6. The van der Waals surface area contributed by atoms with E-state index in [-0.39, 0.29) is 84.9 Å². The summed E-state index contributed by atoms with van der Waals surface area (Å²) < 4.78 is 18.4. The van der Waals surface area contributed by atoms with Gasteiger partial charge in [0.15, 0.2) is 0 Å². The van der Waals surface area contributed by atoms with Gasteiger partial charge in [0.05, 0.1) is 19.4 Å². The van der Waals surface area contributed by atoms with E-state index >= 15 is 0 Å². The van der Waals surface area contributed by atoms with Crippen LogP contribution in [0.4, 0.5) is 25.8 Å². The lowest BCUT2D eigenvalue weighted by atomic mass is 9.96. The molecule has 2 aliphatic carbocycles. The summed E-state index contributed by atoms with van der Waals surface area (Å²) in [6.45, 7) is 19.9. The Balaban J connectivity index is 0.000000263. The lowest BCUT2D eigenvalue weighted by Gasteiger charge is -2.34. The Kier molecular flexibility index (Phi) is 20.3. The topological polar surface area (TPSA) is 183 Å². The number of ether oxygens (including phenoxy) is 3. The number of hydrogen-bond acceptors (Lipinski definition) is 9. The van der Waals surface area contributed by atoms with Crippen molar-refractivity contribution >= 4 is 41.3 Å². The Hall–Kier alpha value is -5.25. The Bertz CT molecular complexity index is 2030. The second-order valence-electron chi connectivity index (χ2n) is 21.3. The van der Waals surface area contributed by atoms with E-state index in [1.807, 2.05) is 96.5 Å². The average Bonchev–Trinajstić information content (AvgIpc) is 3.36. The van der Waals surface area contributed by atoms with Gasteiger partial charge in [-0.1, -0.05) is 52.4 Å². The molecular formula is C53H84N8O8. The molecule has 16 nitrogen and oxygen atoms in total. The summed E-state index contributed by atoms with van der Waals surface area (Å²) in [6, 6.07) is 11.2. The normalized spacial score (nSPS) is 21.8.